The molecule has 1 fully saturated rings. The smallest absolute Gasteiger partial charge is 0.274 e. The van der Waals surface area contributed by atoms with E-state index in [1.165, 1.54) is 0 Å². The van der Waals surface area contributed by atoms with E-state index >= 15 is 0 Å². The third-order valence-corrected chi connectivity index (χ3v) is 5.96. The number of amides is 1. The number of para-hydroxylation sites is 1. The van der Waals surface area contributed by atoms with E-state index in [-0.39, 0.29) is 17.0 Å². The molecule has 0 unspecified atom stereocenters. The molecule has 0 spiro atoms. The molecule has 3 heterocycles. The molecule has 5 rings (SSSR count). The summed E-state index contributed by atoms with van der Waals surface area (Å²) < 4.78 is 11.5. The van der Waals surface area contributed by atoms with E-state index in [2.05, 4.69) is 41.0 Å². The van der Waals surface area contributed by atoms with Crippen LogP contribution in [0.3, 0.4) is 0 Å². The second-order valence-electron chi connectivity index (χ2n) is 9.68. The Balaban J connectivity index is 1.48. The van der Waals surface area contributed by atoms with Crippen molar-refractivity contribution in [2.75, 3.05) is 36.5 Å². The fourth-order valence-corrected chi connectivity index (χ4v) is 3.93. The Morgan fingerprint density at radius 2 is 1.69 bits per heavy atom. The lowest BCUT2D eigenvalue weighted by atomic mass is 9.94. The number of hydrogen-bond donors (Lipinski definition) is 1. The van der Waals surface area contributed by atoms with Gasteiger partial charge < -0.3 is 19.4 Å². The average Bonchev–Trinajstić information content (AvgIpc) is 3.41. The normalized spacial score (nSPS) is 14.0. The third-order valence-electron chi connectivity index (χ3n) is 5.96. The zero-order valence-corrected chi connectivity index (χ0v) is 20.7. The molecular weight excluding hydrogens is 454 g/mol. The summed E-state index contributed by atoms with van der Waals surface area (Å²) in [5, 5.41) is 3.01. The molecule has 0 saturated carbocycles. The number of aromatic nitrogens is 3. The number of carbonyl (C=O) groups excluding carboxylic acids is 1. The van der Waals surface area contributed by atoms with Crippen molar-refractivity contribution in [1.82, 2.24) is 15.0 Å². The molecule has 1 aliphatic rings. The van der Waals surface area contributed by atoms with Gasteiger partial charge in [-0.25, -0.2) is 15.0 Å². The van der Waals surface area contributed by atoms with Crippen molar-refractivity contribution in [2.45, 2.75) is 26.2 Å². The summed E-state index contributed by atoms with van der Waals surface area (Å²) in [5.74, 6) is 2.10. The van der Waals surface area contributed by atoms with E-state index in [0.717, 1.165) is 11.3 Å². The molecule has 0 aliphatic carbocycles. The molecule has 0 atom stereocenters. The number of hydrogen-bond acceptors (Lipinski definition) is 7. The Labute approximate surface area is 210 Å². The number of rotatable bonds is 5. The van der Waals surface area contributed by atoms with Crippen LogP contribution in [0.25, 0.3) is 22.8 Å². The Bertz CT molecular complexity index is 1360. The molecule has 4 aromatic rings. The number of nitrogens with zero attached hydrogens (tertiary/aromatic N) is 4. The highest BCUT2D eigenvalue weighted by atomic mass is 16.5. The molecule has 1 amide bonds. The van der Waals surface area contributed by atoms with Crippen LogP contribution < -0.4 is 10.2 Å². The lowest BCUT2D eigenvalue weighted by Crippen LogP contribution is -2.37. The van der Waals surface area contributed by atoms with Gasteiger partial charge >= 0.3 is 0 Å². The molecule has 1 N–H and O–H groups in total. The zero-order valence-electron chi connectivity index (χ0n) is 20.7. The second kappa shape index (κ2) is 9.91. The highest BCUT2D eigenvalue weighted by Gasteiger charge is 2.22. The van der Waals surface area contributed by atoms with Crippen molar-refractivity contribution in [1.29, 1.82) is 0 Å². The van der Waals surface area contributed by atoms with Gasteiger partial charge in [0.15, 0.2) is 5.82 Å². The minimum atomic E-state index is -0.334. The number of ether oxygens (including phenoxy) is 1. The zero-order chi connectivity index (χ0) is 25.1. The molecule has 2 aromatic carbocycles. The van der Waals surface area contributed by atoms with Crippen LogP contribution in [-0.4, -0.2) is 47.2 Å². The number of benzene rings is 2. The van der Waals surface area contributed by atoms with Crippen LogP contribution in [0.2, 0.25) is 0 Å². The first kappa shape index (κ1) is 23.7. The SMILES string of the molecule is CC(C)(C)c1cnc(-c2ccccc2NC(=O)c2cc(N3CCOCC3)nc(-c3ccccc3)n2)o1. The summed E-state index contributed by atoms with van der Waals surface area (Å²) in [7, 11) is 0. The highest BCUT2D eigenvalue weighted by molar-refractivity contribution is 6.05. The maximum atomic E-state index is 13.5. The van der Waals surface area contributed by atoms with Crippen molar-refractivity contribution < 1.29 is 13.9 Å². The van der Waals surface area contributed by atoms with Gasteiger partial charge in [0.25, 0.3) is 5.91 Å². The van der Waals surface area contributed by atoms with Gasteiger partial charge in [-0.15, -0.1) is 0 Å². The van der Waals surface area contributed by atoms with E-state index in [1.54, 1.807) is 12.3 Å². The number of morpholine rings is 1. The van der Waals surface area contributed by atoms with Gasteiger partial charge in [0.2, 0.25) is 5.89 Å². The minimum Gasteiger partial charge on any atom is -0.441 e. The first-order valence-corrected chi connectivity index (χ1v) is 12.0. The van der Waals surface area contributed by atoms with Crippen molar-refractivity contribution >= 4 is 17.4 Å². The van der Waals surface area contributed by atoms with Crippen LogP contribution in [0.4, 0.5) is 11.5 Å². The van der Waals surface area contributed by atoms with E-state index in [9.17, 15) is 4.79 Å². The first-order valence-electron chi connectivity index (χ1n) is 12.0. The quantitative estimate of drug-likeness (QED) is 0.418. The Morgan fingerprint density at radius 1 is 0.972 bits per heavy atom. The largest absolute Gasteiger partial charge is 0.441 e. The van der Waals surface area contributed by atoms with Gasteiger partial charge in [0.05, 0.1) is 30.7 Å². The first-order chi connectivity index (χ1) is 17.4. The van der Waals surface area contributed by atoms with Gasteiger partial charge in [-0.1, -0.05) is 63.2 Å². The number of oxazole rings is 1. The summed E-state index contributed by atoms with van der Waals surface area (Å²) in [6, 6.07) is 18.9. The fraction of sp³-hybridized carbons (Fsp3) is 0.286. The van der Waals surface area contributed by atoms with E-state index in [0.29, 0.717) is 55.1 Å². The van der Waals surface area contributed by atoms with Crippen LogP contribution >= 0.6 is 0 Å². The van der Waals surface area contributed by atoms with Crippen LogP contribution in [0.1, 0.15) is 37.0 Å². The van der Waals surface area contributed by atoms with Crippen LogP contribution in [0.15, 0.2) is 71.3 Å². The van der Waals surface area contributed by atoms with E-state index < -0.39 is 0 Å². The maximum Gasteiger partial charge on any atom is 0.274 e. The summed E-state index contributed by atoms with van der Waals surface area (Å²) in [4.78, 5) is 29.4. The highest BCUT2D eigenvalue weighted by Crippen LogP contribution is 2.32. The summed E-state index contributed by atoms with van der Waals surface area (Å²) in [6.45, 7) is 8.84. The average molecular weight is 484 g/mol. The van der Waals surface area contributed by atoms with Gasteiger partial charge in [-0.05, 0) is 12.1 Å². The number of carbonyl (C=O) groups is 1. The Kier molecular flexibility index (Phi) is 6.52. The van der Waals surface area contributed by atoms with Gasteiger partial charge in [0, 0.05) is 30.1 Å². The van der Waals surface area contributed by atoms with Crippen molar-refractivity contribution in [3.63, 3.8) is 0 Å². The van der Waals surface area contributed by atoms with Crippen LogP contribution in [0.5, 0.6) is 0 Å². The van der Waals surface area contributed by atoms with Crippen molar-refractivity contribution in [2.24, 2.45) is 0 Å². The standard InChI is InChI=1S/C28H29N5O3/c1-28(2,3)23-18-29-27(36-23)20-11-7-8-12-21(20)31-26(34)22-17-24(33-13-15-35-16-14-33)32-25(30-22)19-9-5-4-6-10-19/h4-12,17-18H,13-16H2,1-3H3,(H,31,34). The summed E-state index contributed by atoms with van der Waals surface area (Å²) in [6.07, 6.45) is 1.74. The predicted octanol–water partition coefficient (Wildman–Crippen LogP) is 5.19. The second-order valence-corrected chi connectivity index (χ2v) is 9.68. The molecule has 36 heavy (non-hydrogen) atoms. The van der Waals surface area contributed by atoms with Crippen molar-refractivity contribution in [3.05, 3.63) is 78.3 Å². The molecular formula is C28H29N5O3. The predicted molar refractivity (Wildman–Crippen MR) is 139 cm³/mol. The van der Waals surface area contributed by atoms with Crippen LogP contribution in [-0.2, 0) is 10.2 Å². The molecule has 0 radical (unpaired) electrons. The molecule has 184 valence electrons. The van der Waals surface area contributed by atoms with Crippen LogP contribution in [0, 0.1) is 0 Å². The number of nitrogens with one attached hydrogen (secondary N) is 1. The molecule has 1 aliphatic heterocycles. The molecule has 0 bridgehead atoms. The minimum absolute atomic E-state index is 0.172. The molecule has 2 aromatic heterocycles. The molecule has 1 saturated heterocycles. The lowest BCUT2D eigenvalue weighted by molar-refractivity contribution is 0.102. The van der Waals surface area contributed by atoms with Crippen molar-refractivity contribution in [3.8, 4) is 22.8 Å². The third kappa shape index (κ3) is 5.13. The summed E-state index contributed by atoms with van der Waals surface area (Å²) >= 11 is 0. The summed E-state index contributed by atoms with van der Waals surface area (Å²) in [5.41, 5.74) is 2.25. The monoisotopic (exact) mass is 483 g/mol. The maximum absolute atomic E-state index is 13.5. The van der Waals surface area contributed by atoms with Gasteiger partial charge in [-0.2, -0.15) is 0 Å². The van der Waals surface area contributed by atoms with Gasteiger partial charge in [-0.3, -0.25) is 4.79 Å². The Morgan fingerprint density at radius 3 is 2.42 bits per heavy atom. The Hall–Kier alpha value is -4.04. The van der Waals surface area contributed by atoms with Gasteiger partial charge in [0.1, 0.15) is 17.3 Å². The topological polar surface area (TPSA) is 93.4 Å². The molecule has 8 nitrogen and oxygen atoms in total. The fourth-order valence-electron chi connectivity index (χ4n) is 3.93. The number of anilines is 2. The molecule has 8 heteroatoms. The van der Waals surface area contributed by atoms with E-state index in [1.807, 2.05) is 54.6 Å². The van der Waals surface area contributed by atoms with E-state index in [4.69, 9.17) is 14.1 Å². The lowest BCUT2D eigenvalue weighted by Gasteiger charge is -2.28.